The summed E-state index contributed by atoms with van der Waals surface area (Å²) in [5.41, 5.74) is 0. The van der Waals surface area contributed by atoms with Crippen LogP contribution in [0, 0.1) is 0 Å². The van der Waals surface area contributed by atoms with Gasteiger partial charge in [-0.15, -0.1) is 0 Å². The van der Waals surface area contributed by atoms with E-state index in [1.807, 2.05) is 13.2 Å². The van der Waals surface area contributed by atoms with Crippen LogP contribution in [0.25, 0.3) is 0 Å². The Morgan fingerprint density at radius 2 is 2.06 bits per heavy atom. The number of sulfonamides is 1. The third-order valence-electron chi connectivity index (χ3n) is 3.31. The van der Waals surface area contributed by atoms with Crippen molar-refractivity contribution in [2.75, 3.05) is 31.4 Å². The van der Waals surface area contributed by atoms with E-state index >= 15 is 0 Å². The van der Waals surface area contributed by atoms with Gasteiger partial charge in [0.1, 0.15) is 0 Å². The first-order chi connectivity index (χ1) is 8.47. The molecule has 0 radical (unpaired) electrons. The van der Waals surface area contributed by atoms with Crippen molar-refractivity contribution in [1.82, 2.24) is 9.62 Å². The van der Waals surface area contributed by atoms with Gasteiger partial charge in [0.15, 0.2) is 0 Å². The molecule has 0 aliphatic heterocycles. The second-order valence-electron chi connectivity index (χ2n) is 5.07. The first-order valence-corrected chi connectivity index (χ1v) is 9.65. The highest BCUT2D eigenvalue weighted by atomic mass is 32.2. The molecule has 1 saturated carbocycles. The number of nitrogens with one attached hydrogen (secondary N) is 1. The molecule has 0 bridgehead atoms. The highest BCUT2D eigenvalue weighted by Crippen LogP contribution is 2.18. The molecule has 0 aromatic carbocycles. The Labute approximate surface area is 116 Å². The lowest BCUT2D eigenvalue weighted by Gasteiger charge is -2.23. The molecule has 1 atom stereocenters. The molecule has 108 valence electrons. The topological polar surface area (TPSA) is 49.4 Å². The van der Waals surface area contributed by atoms with E-state index in [-0.39, 0.29) is 11.8 Å². The first-order valence-electron chi connectivity index (χ1n) is 6.65. The smallest absolute Gasteiger partial charge is 0.214 e. The maximum Gasteiger partial charge on any atom is 0.214 e. The average molecular weight is 294 g/mol. The summed E-state index contributed by atoms with van der Waals surface area (Å²) in [5, 5.41) is 3.40. The van der Waals surface area contributed by atoms with Gasteiger partial charge in [0, 0.05) is 24.9 Å². The van der Waals surface area contributed by atoms with Crippen molar-refractivity contribution in [3.63, 3.8) is 0 Å². The summed E-state index contributed by atoms with van der Waals surface area (Å²) < 4.78 is 25.6. The van der Waals surface area contributed by atoms with Gasteiger partial charge in [-0.05, 0) is 45.4 Å². The standard InChI is InChI=1S/C12H26N2O2S2/c1-11(10-17-3)14(2)18(15,16)9-5-4-8-13-12-6-7-12/h11-13H,4-10H2,1-3H3. The molecule has 0 aromatic rings. The molecule has 0 heterocycles. The zero-order chi connectivity index (χ0) is 13.6. The summed E-state index contributed by atoms with van der Waals surface area (Å²) in [7, 11) is -1.38. The molecule has 0 amide bonds. The lowest BCUT2D eigenvalue weighted by Crippen LogP contribution is -2.38. The summed E-state index contributed by atoms with van der Waals surface area (Å²) in [4.78, 5) is 0. The lowest BCUT2D eigenvalue weighted by atomic mass is 10.3. The molecule has 0 aromatic heterocycles. The van der Waals surface area contributed by atoms with E-state index in [4.69, 9.17) is 0 Å². The summed E-state index contributed by atoms with van der Waals surface area (Å²) in [6.07, 6.45) is 6.26. The number of hydrogen-bond donors (Lipinski definition) is 1. The number of thioether (sulfide) groups is 1. The Balaban J connectivity index is 2.20. The van der Waals surface area contributed by atoms with Crippen molar-refractivity contribution in [1.29, 1.82) is 0 Å². The average Bonchev–Trinajstić information content (AvgIpc) is 3.11. The molecule has 4 nitrogen and oxygen atoms in total. The molecule has 6 heteroatoms. The Morgan fingerprint density at radius 1 is 1.39 bits per heavy atom. The van der Waals surface area contributed by atoms with Crippen LogP contribution in [0.2, 0.25) is 0 Å². The minimum Gasteiger partial charge on any atom is -0.314 e. The van der Waals surface area contributed by atoms with Gasteiger partial charge in [-0.2, -0.15) is 11.8 Å². The highest BCUT2D eigenvalue weighted by Gasteiger charge is 2.23. The quantitative estimate of drug-likeness (QED) is 0.621. The summed E-state index contributed by atoms with van der Waals surface area (Å²) in [5.74, 6) is 1.12. The molecule has 1 N–H and O–H groups in total. The zero-order valence-corrected chi connectivity index (χ0v) is 13.3. The van der Waals surface area contributed by atoms with Crippen molar-refractivity contribution >= 4 is 21.8 Å². The Morgan fingerprint density at radius 3 is 2.61 bits per heavy atom. The Hall–Kier alpha value is 0.220. The molecule has 1 aliphatic rings. The van der Waals surface area contributed by atoms with E-state index in [1.165, 1.54) is 17.1 Å². The highest BCUT2D eigenvalue weighted by molar-refractivity contribution is 7.98. The summed E-state index contributed by atoms with van der Waals surface area (Å²) in [6.45, 7) is 2.91. The third kappa shape index (κ3) is 5.91. The van der Waals surface area contributed by atoms with E-state index in [9.17, 15) is 8.42 Å². The van der Waals surface area contributed by atoms with Crippen LogP contribution in [0.1, 0.15) is 32.6 Å². The predicted octanol–water partition coefficient (Wildman–Crippen LogP) is 1.53. The van der Waals surface area contributed by atoms with Gasteiger partial charge in [0.2, 0.25) is 10.0 Å². The second-order valence-corrected chi connectivity index (χ2v) is 8.13. The Kier molecular flexibility index (Phi) is 6.98. The van der Waals surface area contributed by atoms with Crippen LogP contribution in [-0.4, -0.2) is 56.2 Å². The van der Waals surface area contributed by atoms with Crippen molar-refractivity contribution in [3.05, 3.63) is 0 Å². The second kappa shape index (κ2) is 7.72. The number of nitrogens with zero attached hydrogens (tertiary/aromatic N) is 1. The summed E-state index contributed by atoms with van der Waals surface area (Å²) in [6, 6.07) is 0.792. The summed E-state index contributed by atoms with van der Waals surface area (Å²) >= 11 is 1.68. The SMILES string of the molecule is CSCC(C)N(C)S(=O)(=O)CCCCNC1CC1. The fourth-order valence-electron chi connectivity index (χ4n) is 1.77. The number of unbranched alkanes of at least 4 members (excludes halogenated alkanes) is 1. The number of hydrogen-bond acceptors (Lipinski definition) is 4. The van der Waals surface area contributed by atoms with Crippen LogP contribution < -0.4 is 5.32 Å². The predicted molar refractivity (Wildman–Crippen MR) is 79.7 cm³/mol. The van der Waals surface area contributed by atoms with Crippen molar-refractivity contribution in [3.8, 4) is 0 Å². The van der Waals surface area contributed by atoms with E-state index < -0.39 is 10.0 Å². The van der Waals surface area contributed by atoms with Gasteiger partial charge in [-0.25, -0.2) is 12.7 Å². The van der Waals surface area contributed by atoms with Gasteiger partial charge >= 0.3 is 0 Å². The minimum absolute atomic E-state index is 0.0783. The van der Waals surface area contributed by atoms with Crippen LogP contribution >= 0.6 is 11.8 Å². The van der Waals surface area contributed by atoms with Gasteiger partial charge in [0.25, 0.3) is 0 Å². The van der Waals surface area contributed by atoms with Crippen LogP contribution in [0.5, 0.6) is 0 Å². The van der Waals surface area contributed by atoms with Crippen LogP contribution in [0.3, 0.4) is 0 Å². The van der Waals surface area contributed by atoms with Gasteiger partial charge < -0.3 is 5.32 Å². The van der Waals surface area contributed by atoms with Crippen LogP contribution in [-0.2, 0) is 10.0 Å². The molecular weight excluding hydrogens is 268 g/mol. The van der Waals surface area contributed by atoms with Crippen LogP contribution in [0.15, 0.2) is 0 Å². The molecule has 0 spiro atoms. The van der Waals surface area contributed by atoms with E-state index in [1.54, 1.807) is 18.8 Å². The largest absolute Gasteiger partial charge is 0.314 e. The van der Waals surface area contributed by atoms with Crippen molar-refractivity contribution in [2.24, 2.45) is 0 Å². The normalized spacial score (nSPS) is 18.2. The maximum absolute atomic E-state index is 12.1. The van der Waals surface area contributed by atoms with Gasteiger partial charge in [0.05, 0.1) is 5.75 Å². The zero-order valence-electron chi connectivity index (χ0n) is 11.7. The molecule has 1 aliphatic carbocycles. The minimum atomic E-state index is -3.07. The molecule has 0 saturated heterocycles. The monoisotopic (exact) mass is 294 g/mol. The van der Waals surface area contributed by atoms with Crippen molar-refractivity contribution in [2.45, 2.75) is 44.7 Å². The molecule has 18 heavy (non-hydrogen) atoms. The number of rotatable bonds is 10. The Bertz CT molecular complexity index is 329. The fourth-order valence-corrected chi connectivity index (χ4v) is 4.05. The van der Waals surface area contributed by atoms with Crippen LogP contribution in [0.4, 0.5) is 0 Å². The van der Waals surface area contributed by atoms with Gasteiger partial charge in [-0.3, -0.25) is 0 Å². The van der Waals surface area contributed by atoms with Gasteiger partial charge in [-0.1, -0.05) is 0 Å². The third-order valence-corrected chi connectivity index (χ3v) is 6.16. The van der Waals surface area contributed by atoms with E-state index in [0.29, 0.717) is 6.04 Å². The molecular formula is C12H26N2O2S2. The van der Waals surface area contributed by atoms with Crippen molar-refractivity contribution < 1.29 is 8.42 Å². The molecule has 1 rings (SSSR count). The molecule has 1 unspecified atom stereocenters. The fraction of sp³-hybridized carbons (Fsp3) is 1.00. The molecule has 1 fully saturated rings. The maximum atomic E-state index is 12.1. The lowest BCUT2D eigenvalue weighted by molar-refractivity contribution is 0.413. The van der Waals surface area contributed by atoms with E-state index in [2.05, 4.69) is 5.32 Å². The first kappa shape index (κ1) is 16.3. The van der Waals surface area contributed by atoms with E-state index in [0.717, 1.165) is 25.1 Å².